The van der Waals surface area contributed by atoms with E-state index in [-0.39, 0.29) is 4.75 Å². The van der Waals surface area contributed by atoms with Crippen LogP contribution >= 0.6 is 23.5 Å². The van der Waals surface area contributed by atoms with Crippen molar-refractivity contribution in [3.63, 3.8) is 0 Å². The van der Waals surface area contributed by atoms with Crippen LogP contribution in [0.4, 0.5) is 17.6 Å². The smallest absolute Gasteiger partial charge is 0.175 e. The van der Waals surface area contributed by atoms with E-state index in [1.807, 2.05) is 11.8 Å². The molecule has 3 fully saturated rings. The fourth-order valence-electron chi connectivity index (χ4n) is 3.60. The minimum Gasteiger partial charge on any atom is -0.203 e. The molecule has 0 N–H and O–H groups in total. The largest absolute Gasteiger partial charge is 0.203 e. The zero-order valence-corrected chi connectivity index (χ0v) is 14.2. The zero-order valence-electron chi connectivity index (χ0n) is 12.6. The van der Waals surface area contributed by atoms with Gasteiger partial charge in [0.25, 0.3) is 0 Å². The summed E-state index contributed by atoms with van der Waals surface area (Å²) in [6.45, 7) is 1.05. The molecule has 0 atom stereocenters. The highest BCUT2D eigenvalue weighted by atomic mass is 32.2. The molecule has 3 saturated carbocycles. The number of hydrogen-bond donors (Lipinski definition) is 0. The molecule has 0 heterocycles. The predicted molar refractivity (Wildman–Crippen MR) is 83.5 cm³/mol. The van der Waals surface area contributed by atoms with Crippen molar-refractivity contribution in [1.82, 2.24) is 0 Å². The Bertz CT molecular complexity index is 561. The minimum atomic E-state index is -1.28. The predicted octanol–water partition coefficient (Wildman–Crippen LogP) is 5.85. The lowest BCUT2D eigenvalue weighted by Gasteiger charge is -2.52. The van der Waals surface area contributed by atoms with E-state index < -0.39 is 33.7 Å². The molecule has 3 aliphatic carbocycles. The fourth-order valence-corrected chi connectivity index (χ4v) is 5.93. The van der Waals surface area contributed by atoms with Crippen molar-refractivity contribution in [2.24, 2.45) is 0 Å². The molecule has 0 aromatic heterocycles. The third kappa shape index (κ3) is 2.46. The van der Waals surface area contributed by atoms with Crippen LogP contribution < -0.4 is 0 Å². The third-order valence-electron chi connectivity index (χ3n) is 5.30. The monoisotopic (exact) mass is 350 g/mol. The first kappa shape index (κ1) is 16.5. The van der Waals surface area contributed by atoms with Gasteiger partial charge in [-0.25, -0.2) is 17.6 Å². The molecule has 2 bridgehead atoms. The Balaban J connectivity index is 1.92. The summed E-state index contributed by atoms with van der Waals surface area (Å²) in [6.07, 6.45) is 7.64. The first-order chi connectivity index (χ1) is 10.3. The van der Waals surface area contributed by atoms with Gasteiger partial charge in [0.2, 0.25) is 0 Å². The van der Waals surface area contributed by atoms with Gasteiger partial charge in [0.15, 0.2) is 23.3 Å². The highest BCUT2D eigenvalue weighted by molar-refractivity contribution is 8.01. The number of thioether (sulfide) groups is 2. The maximum Gasteiger partial charge on any atom is 0.175 e. The van der Waals surface area contributed by atoms with Crippen LogP contribution in [0.2, 0.25) is 0 Å². The Hall–Kier alpha value is -0.360. The summed E-state index contributed by atoms with van der Waals surface area (Å²) < 4.78 is 55.7. The summed E-state index contributed by atoms with van der Waals surface area (Å²) in [5.74, 6) is -5.04. The molecular formula is C16H18F4S2. The van der Waals surface area contributed by atoms with Gasteiger partial charge < -0.3 is 0 Å². The molecule has 22 heavy (non-hydrogen) atoms. The first-order valence-corrected chi connectivity index (χ1v) is 9.44. The van der Waals surface area contributed by atoms with Crippen molar-refractivity contribution < 1.29 is 17.6 Å². The van der Waals surface area contributed by atoms with Gasteiger partial charge in [-0.1, -0.05) is 0 Å². The minimum absolute atomic E-state index is 0.284. The quantitative estimate of drug-likeness (QED) is 0.495. The lowest BCUT2D eigenvalue weighted by Crippen LogP contribution is -2.46. The average Bonchev–Trinajstić information content (AvgIpc) is 2.57. The van der Waals surface area contributed by atoms with Crippen molar-refractivity contribution in [3.8, 4) is 0 Å². The van der Waals surface area contributed by atoms with Gasteiger partial charge in [-0.15, -0.1) is 11.8 Å². The summed E-state index contributed by atoms with van der Waals surface area (Å²) in [5.41, 5.74) is -0.592. The van der Waals surface area contributed by atoms with Gasteiger partial charge >= 0.3 is 0 Å². The molecule has 0 nitrogen and oxygen atoms in total. The second-order valence-corrected chi connectivity index (χ2v) is 9.13. The molecule has 1 aromatic carbocycles. The topological polar surface area (TPSA) is 0 Å². The Morgan fingerprint density at radius 1 is 0.727 bits per heavy atom. The maximum atomic E-state index is 14.1. The van der Waals surface area contributed by atoms with Crippen LogP contribution in [0.5, 0.6) is 0 Å². The van der Waals surface area contributed by atoms with Crippen molar-refractivity contribution in [2.45, 2.75) is 59.8 Å². The van der Waals surface area contributed by atoms with Crippen LogP contribution in [0.3, 0.4) is 0 Å². The van der Waals surface area contributed by atoms with E-state index in [4.69, 9.17) is 0 Å². The van der Waals surface area contributed by atoms with E-state index in [9.17, 15) is 17.6 Å². The SMILES string of the molecule is CSC12CCC(Sc3c(F)c(F)c(C)c(F)c3F)(CC1)CC2. The van der Waals surface area contributed by atoms with Gasteiger partial charge in [0, 0.05) is 15.1 Å². The Morgan fingerprint density at radius 3 is 1.55 bits per heavy atom. The Morgan fingerprint density at radius 2 is 1.14 bits per heavy atom. The van der Waals surface area contributed by atoms with E-state index in [2.05, 4.69) is 6.26 Å². The second-order valence-electron chi connectivity index (χ2n) is 6.38. The zero-order chi connectivity index (χ0) is 16.1. The molecule has 0 saturated heterocycles. The normalized spacial score (nSPS) is 30.8. The highest BCUT2D eigenvalue weighted by Crippen LogP contribution is 2.59. The molecule has 4 rings (SSSR count). The standard InChI is InChI=1S/C16H18F4S2/c1-9-10(17)12(19)14(13(20)11(9)18)22-16-6-3-15(21-2,4-7-16)5-8-16/h3-8H2,1-2H3. The van der Waals surface area contributed by atoms with Gasteiger partial charge in [0.05, 0.1) is 4.90 Å². The highest BCUT2D eigenvalue weighted by Gasteiger charge is 2.49. The van der Waals surface area contributed by atoms with E-state index >= 15 is 0 Å². The average molecular weight is 350 g/mol. The molecule has 0 aliphatic heterocycles. The van der Waals surface area contributed by atoms with Crippen LogP contribution in [0, 0.1) is 30.2 Å². The number of halogens is 4. The molecule has 0 spiro atoms. The summed E-state index contributed by atoms with van der Waals surface area (Å²) in [5, 5.41) is 0. The van der Waals surface area contributed by atoms with E-state index in [0.29, 0.717) is 4.75 Å². The van der Waals surface area contributed by atoms with Gasteiger partial charge in [-0.2, -0.15) is 11.8 Å². The molecular weight excluding hydrogens is 332 g/mol. The molecule has 122 valence electrons. The van der Waals surface area contributed by atoms with Crippen molar-refractivity contribution >= 4 is 23.5 Å². The van der Waals surface area contributed by atoms with E-state index in [1.165, 1.54) is 0 Å². The van der Waals surface area contributed by atoms with Gasteiger partial charge in [-0.05, 0) is 51.7 Å². The fraction of sp³-hybridized carbons (Fsp3) is 0.625. The molecule has 0 amide bonds. The number of rotatable bonds is 3. The van der Waals surface area contributed by atoms with Crippen LogP contribution in [-0.2, 0) is 0 Å². The van der Waals surface area contributed by atoms with Crippen molar-refractivity contribution in [1.29, 1.82) is 0 Å². The third-order valence-corrected chi connectivity index (χ3v) is 8.39. The van der Waals surface area contributed by atoms with Crippen molar-refractivity contribution in [3.05, 3.63) is 28.8 Å². The van der Waals surface area contributed by atoms with E-state index in [0.717, 1.165) is 57.2 Å². The number of fused-ring (bicyclic) bond motifs is 3. The van der Waals surface area contributed by atoms with Crippen LogP contribution in [0.1, 0.15) is 44.1 Å². The second kappa shape index (κ2) is 5.62. The number of hydrogen-bond acceptors (Lipinski definition) is 2. The maximum absolute atomic E-state index is 14.1. The van der Waals surface area contributed by atoms with Crippen LogP contribution in [0.15, 0.2) is 4.90 Å². The summed E-state index contributed by atoms with van der Waals surface area (Å²) >= 11 is 2.88. The molecule has 6 heteroatoms. The molecule has 0 radical (unpaired) electrons. The van der Waals surface area contributed by atoms with Gasteiger partial charge in [0.1, 0.15) is 0 Å². The Kier molecular flexibility index (Phi) is 4.21. The molecule has 3 aliphatic rings. The summed E-state index contributed by atoms with van der Waals surface area (Å²) in [4.78, 5) is -0.487. The molecule has 0 unspecified atom stereocenters. The van der Waals surface area contributed by atoms with Gasteiger partial charge in [-0.3, -0.25) is 0 Å². The Labute approximate surface area is 136 Å². The van der Waals surface area contributed by atoms with E-state index in [1.54, 1.807) is 0 Å². The van der Waals surface area contributed by atoms with Crippen molar-refractivity contribution in [2.75, 3.05) is 6.26 Å². The first-order valence-electron chi connectivity index (χ1n) is 7.40. The molecule has 1 aromatic rings. The van der Waals surface area contributed by atoms with Crippen LogP contribution in [0.25, 0.3) is 0 Å². The van der Waals surface area contributed by atoms with Crippen LogP contribution in [-0.4, -0.2) is 15.7 Å². The summed E-state index contributed by atoms with van der Waals surface area (Å²) in [6, 6.07) is 0. The summed E-state index contributed by atoms with van der Waals surface area (Å²) in [7, 11) is 0. The lowest BCUT2D eigenvalue weighted by molar-refractivity contribution is 0.231. The number of benzene rings is 1. The lowest BCUT2D eigenvalue weighted by atomic mass is 9.69.